The molecule has 0 rings (SSSR count). The second kappa shape index (κ2) is 10.5. The molecule has 0 aromatic heterocycles. The Hall–Kier alpha value is -1.30. The van der Waals surface area contributed by atoms with Crippen molar-refractivity contribution in [1.29, 1.82) is 0 Å². The van der Waals surface area contributed by atoms with Crippen molar-refractivity contribution in [2.24, 2.45) is 5.73 Å². The third-order valence-electron chi connectivity index (χ3n) is 2.45. The van der Waals surface area contributed by atoms with E-state index in [0.717, 1.165) is 25.7 Å². The molecule has 4 N–H and O–H groups in total. The zero-order valence-corrected chi connectivity index (χ0v) is 13.0. The van der Waals surface area contributed by atoms with E-state index < -0.39 is 11.7 Å². The van der Waals surface area contributed by atoms with Crippen LogP contribution < -0.4 is 16.4 Å². The summed E-state index contributed by atoms with van der Waals surface area (Å²) >= 11 is 0. The molecule has 0 heterocycles. The SMILES string of the molecule is CC(C)(C)OC(=O)NCCCCCC(=O)NCCCN. The molecule has 2 amide bonds. The van der Waals surface area contributed by atoms with E-state index in [2.05, 4.69) is 10.6 Å². The number of carbonyl (C=O) groups is 2. The molecular weight excluding hydrogens is 258 g/mol. The molecule has 0 aliphatic carbocycles. The number of carbonyl (C=O) groups excluding carboxylic acids is 2. The Morgan fingerprint density at radius 2 is 1.65 bits per heavy atom. The Morgan fingerprint density at radius 1 is 1.00 bits per heavy atom. The van der Waals surface area contributed by atoms with Gasteiger partial charge >= 0.3 is 6.09 Å². The number of nitrogens with one attached hydrogen (secondary N) is 2. The zero-order valence-electron chi connectivity index (χ0n) is 13.0. The Kier molecular flexibility index (Phi) is 9.80. The van der Waals surface area contributed by atoms with E-state index in [9.17, 15) is 9.59 Å². The summed E-state index contributed by atoms with van der Waals surface area (Å²) in [6.45, 7) is 7.30. The molecule has 0 spiro atoms. The van der Waals surface area contributed by atoms with Crippen molar-refractivity contribution in [2.75, 3.05) is 19.6 Å². The number of rotatable bonds is 9. The summed E-state index contributed by atoms with van der Waals surface area (Å²) in [5.74, 6) is 0.0681. The third kappa shape index (κ3) is 13.1. The molecule has 0 aliphatic heterocycles. The predicted molar refractivity (Wildman–Crippen MR) is 79.4 cm³/mol. The molecule has 0 saturated heterocycles. The number of hydrogen-bond donors (Lipinski definition) is 3. The Labute approximate surface area is 121 Å². The highest BCUT2D eigenvalue weighted by Crippen LogP contribution is 2.06. The molecule has 0 unspecified atom stereocenters. The number of hydrogen-bond acceptors (Lipinski definition) is 4. The molecule has 0 bridgehead atoms. The maximum Gasteiger partial charge on any atom is 0.407 e. The van der Waals surface area contributed by atoms with E-state index in [1.54, 1.807) is 0 Å². The van der Waals surface area contributed by atoms with Gasteiger partial charge in [0, 0.05) is 19.5 Å². The summed E-state index contributed by atoms with van der Waals surface area (Å²) in [5, 5.41) is 5.50. The van der Waals surface area contributed by atoms with Crippen molar-refractivity contribution >= 4 is 12.0 Å². The molecule has 0 radical (unpaired) electrons. The number of nitrogens with two attached hydrogens (primary N) is 1. The first-order valence-electron chi connectivity index (χ1n) is 7.29. The minimum atomic E-state index is -0.467. The normalized spacial score (nSPS) is 11.0. The van der Waals surface area contributed by atoms with Gasteiger partial charge in [0.25, 0.3) is 0 Å². The fourth-order valence-corrected chi connectivity index (χ4v) is 1.51. The van der Waals surface area contributed by atoms with Crippen LogP contribution in [-0.4, -0.2) is 37.2 Å². The van der Waals surface area contributed by atoms with Crippen molar-refractivity contribution < 1.29 is 14.3 Å². The maximum absolute atomic E-state index is 11.4. The first-order chi connectivity index (χ1) is 9.35. The molecule has 0 atom stereocenters. The monoisotopic (exact) mass is 287 g/mol. The van der Waals surface area contributed by atoms with Gasteiger partial charge in [0.05, 0.1) is 0 Å². The zero-order chi connectivity index (χ0) is 15.4. The topological polar surface area (TPSA) is 93.4 Å². The molecule has 6 heteroatoms. The quantitative estimate of drug-likeness (QED) is 0.561. The number of alkyl carbamates (subject to hydrolysis) is 1. The van der Waals surface area contributed by atoms with Gasteiger partial charge in [-0.05, 0) is 46.6 Å². The Balaban J connectivity index is 3.40. The van der Waals surface area contributed by atoms with Crippen LogP contribution in [0.1, 0.15) is 52.9 Å². The van der Waals surface area contributed by atoms with E-state index in [-0.39, 0.29) is 5.91 Å². The average molecular weight is 287 g/mol. The number of unbranched alkanes of at least 4 members (excludes halogenated alkanes) is 2. The molecule has 0 saturated carbocycles. The molecular formula is C14H29N3O3. The lowest BCUT2D eigenvalue weighted by Crippen LogP contribution is -2.33. The molecule has 0 aliphatic rings. The van der Waals surface area contributed by atoms with E-state index in [1.165, 1.54) is 0 Å². The summed E-state index contributed by atoms with van der Waals surface area (Å²) in [5.41, 5.74) is 4.87. The highest BCUT2D eigenvalue weighted by molar-refractivity contribution is 5.75. The van der Waals surface area contributed by atoms with Crippen LogP contribution in [0.25, 0.3) is 0 Å². The number of ether oxygens (including phenoxy) is 1. The van der Waals surface area contributed by atoms with E-state index >= 15 is 0 Å². The Bertz CT molecular complexity index is 288. The lowest BCUT2D eigenvalue weighted by molar-refractivity contribution is -0.121. The molecule has 0 aromatic rings. The summed E-state index contributed by atoms with van der Waals surface area (Å²) in [6, 6.07) is 0. The van der Waals surface area contributed by atoms with Gasteiger partial charge in [-0.2, -0.15) is 0 Å². The summed E-state index contributed by atoms with van der Waals surface area (Å²) in [4.78, 5) is 22.7. The lowest BCUT2D eigenvalue weighted by atomic mass is 10.2. The van der Waals surface area contributed by atoms with Crippen LogP contribution in [0.5, 0.6) is 0 Å². The summed E-state index contributed by atoms with van der Waals surface area (Å²) in [6.07, 6.45) is 3.51. The largest absolute Gasteiger partial charge is 0.444 e. The lowest BCUT2D eigenvalue weighted by Gasteiger charge is -2.19. The minimum Gasteiger partial charge on any atom is -0.444 e. The van der Waals surface area contributed by atoms with Gasteiger partial charge in [-0.15, -0.1) is 0 Å². The molecule has 0 aromatic carbocycles. The van der Waals surface area contributed by atoms with Crippen LogP contribution in [0.2, 0.25) is 0 Å². The van der Waals surface area contributed by atoms with E-state index in [1.807, 2.05) is 20.8 Å². The standard InChI is InChI=1S/C14H29N3O3/c1-14(2,3)20-13(19)17-10-6-4-5-8-12(18)16-11-7-9-15/h4-11,15H2,1-3H3,(H,16,18)(H,17,19). The van der Waals surface area contributed by atoms with Crippen LogP contribution in [0.3, 0.4) is 0 Å². The van der Waals surface area contributed by atoms with Gasteiger partial charge < -0.3 is 21.1 Å². The van der Waals surface area contributed by atoms with Gasteiger partial charge in [-0.25, -0.2) is 4.79 Å². The fourth-order valence-electron chi connectivity index (χ4n) is 1.51. The van der Waals surface area contributed by atoms with E-state index in [4.69, 9.17) is 10.5 Å². The van der Waals surface area contributed by atoms with Crippen LogP contribution in [-0.2, 0) is 9.53 Å². The maximum atomic E-state index is 11.4. The van der Waals surface area contributed by atoms with Gasteiger partial charge in [-0.1, -0.05) is 6.42 Å². The van der Waals surface area contributed by atoms with Crippen LogP contribution in [0, 0.1) is 0 Å². The molecule has 20 heavy (non-hydrogen) atoms. The van der Waals surface area contributed by atoms with Gasteiger partial charge in [0.2, 0.25) is 5.91 Å². The highest BCUT2D eigenvalue weighted by atomic mass is 16.6. The summed E-state index contributed by atoms with van der Waals surface area (Å²) in [7, 11) is 0. The van der Waals surface area contributed by atoms with Gasteiger partial charge in [0.1, 0.15) is 5.60 Å². The predicted octanol–water partition coefficient (Wildman–Crippen LogP) is 1.54. The van der Waals surface area contributed by atoms with E-state index in [0.29, 0.717) is 26.1 Å². The van der Waals surface area contributed by atoms with Crippen molar-refractivity contribution in [1.82, 2.24) is 10.6 Å². The van der Waals surface area contributed by atoms with Crippen LogP contribution in [0.15, 0.2) is 0 Å². The van der Waals surface area contributed by atoms with Crippen LogP contribution in [0.4, 0.5) is 4.79 Å². The first kappa shape index (κ1) is 18.7. The molecule has 118 valence electrons. The summed E-state index contributed by atoms with van der Waals surface area (Å²) < 4.78 is 5.11. The van der Waals surface area contributed by atoms with Crippen molar-refractivity contribution in [2.45, 2.75) is 58.5 Å². The molecule has 0 fully saturated rings. The smallest absolute Gasteiger partial charge is 0.407 e. The first-order valence-corrected chi connectivity index (χ1v) is 7.29. The van der Waals surface area contributed by atoms with Gasteiger partial charge in [0.15, 0.2) is 0 Å². The third-order valence-corrected chi connectivity index (χ3v) is 2.45. The minimum absolute atomic E-state index is 0.0681. The van der Waals surface area contributed by atoms with Gasteiger partial charge in [-0.3, -0.25) is 4.79 Å². The van der Waals surface area contributed by atoms with Crippen molar-refractivity contribution in [3.8, 4) is 0 Å². The van der Waals surface area contributed by atoms with Crippen LogP contribution >= 0.6 is 0 Å². The average Bonchev–Trinajstić information content (AvgIpc) is 2.31. The second-order valence-electron chi connectivity index (χ2n) is 5.73. The Morgan fingerprint density at radius 3 is 2.25 bits per heavy atom. The van der Waals surface area contributed by atoms with Crippen molar-refractivity contribution in [3.05, 3.63) is 0 Å². The van der Waals surface area contributed by atoms with Crippen molar-refractivity contribution in [3.63, 3.8) is 0 Å². The fraction of sp³-hybridized carbons (Fsp3) is 0.857. The molecule has 6 nitrogen and oxygen atoms in total. The number of amides is 2. The highest BCUT2D eigenvalue weighted by Gasteiger charge is 2.15. The second-order valence-corrected chi connectivity index (χ2v) is 5.73.